The number of aryl methyl sites for hydroxylation is 2. The molecule has 136 valence electrons. The van der Waals surface area contributed by atoms with E-state index in [-0.39, 0.29) is 0 Å². The van der Waals surface area contributed by atoms with Crippen LogP contribution >= 0.6 is 17.0 Å². The zero-order valence-electron chi connectivity index (χ0n) is 15.5. The molecule has 3 aromatic rings. The number of rotatable bonds is 3. The van der Waals surface area contributed by atoms with Gasteiger partial charge in [-0.15, -0.1) is 0 Å². The zero-order valence-corrected chi connectivity index (χ0v) is 19.5. The van der Waals surface area contributed by atoms with Gasteiger partial charge in [0.15, 0.2) is 0 Å². The third kappa shape index (κ3) is 3.72. The topological polar surface area (TPSA) is 0 Å². The van der Waals surface area contributed by atoms with Crippen molar-refractivity contribution in [2.75, 3.05) is 0 Å². The summed E-state index contributed by atoms with van der Waals surface area (Å²) in [6.07, 6.45) is 8.44. The average molecular weight is 473 g/mol. The van der Waals surface area contributed by atoms with Gasteiger partial charge in [-0.3, -0.25) is 0 Å². The van der Waals surface area contributed by atoms with E-state index in [9.17, 15) is 0 Å². The van der Waals surface area contributed by atoms with E-state index in [2.05, 4.69) is 61.5 Å². The van der Waals surface area contributed by atoms with Crippen LogP contribution in [0.4, 0.5) is 0 Å². The van der Waals surface area contributed by atoms with Gasteiger partial charge in [-0.25, -0.2) is 0 Å². The van der Waals surface area contributed by atoms with Crippen LogP contribution in [0.3, 0.4) is 0 Å². The van der Waals surface area contributed by atoms with E-state index < -0.39 is 20.8 Å². The van der Waals surface area contributed by atoms with Crippen LogP contribution in [-0.2, 0) is 40.1 Å². The van der Waals surface area contributed by atoms with Gasteiger partial charge >= 0.3 is 37.9 Å². The first-order valence-corrected chi connectivity index (χ1v) is 15.9. The summed E-state index contributed by atoms with van der Waals surface area (Å²) in [5.41, 5.74) is 10.4. The molecule has 0 atom stereocenters. The minimum atomic E-state index is -0.826. The monoisotopic (exact) mass is 470 g/mol. The molecule has 0 amide bonds. The SMILES string of the molecule is CCCC1=Cc2c(cccc2-c2ccc3c4c(cccc24)CC3)C1.[Cl][Zr][Cl]. The number of hydrogen-bond donors (Lipinski definition) is 0. The molecule has 0 fully saturated rings. The zero-order chi connectivity index (χ0) is 18.8. The summed E-state index contributed by atoms with van der Waals surface area (Å²) in [5, 5.41) is 2.96. The molecule has 0 aromatic heterocycles. The van der Waals surface area contributed by atoms with E-state index >= 15 is 0 Å². The van der Waals surface area contributed by atoms with Gasteiger partial charge in [-0.05, 0) is 69.8 Å². The Morgan fingerprint density at radius 1 is 0.852 bits per heavy atom. The first kappa shape index (κ1) is 19.4. The van der Waals surface area contributed by atoms with E-state index in [4.69, 9.17) is 17.0 Å². The molecule has 2 aliphatic carbocycles. The summed E-state index contributed by atoms with van der Waals surface area (Å²) in [6, 6.07) is 18.4. The second-order valence-electron chi connectivity index (χ2n) is 7.29. The molecule has 0 bridgehead atoms. The summed E-state index contributed by atoms with van der Waals surface area (Å²) in [6.45, 7) is 2.27. The van der Waals surface area contributed by atoms with Crippen LogP contribution in [0.15, 0.2) is 54.1 Å². The first-order chi connectivity index (χ1) is 13.3. The quantitative estimate of drug-likeness (QED) is 0.366. The molecule has 3 heteroatoms. The Kier molecular flexibility index (Phi) is 6.22. The van der Waals surface area contributed by atoms with Gasteiger partial charge in [-0.1, -0.05) is 73.5 Å². The Labute approximate surface area is 180 Å². The fraction of sp³-hybridized carbons (Fsp3) is 0.250. The van der Waals surface area contributed by atoms with Gasteiger partial charge in [0.25, 0.3) is 0 Å². The molecule has 0 unspecified atom stereocenters. The van der Waals surface area contributed by atoms with Crippen molar-refractivity contribution in [3.8, 4) is 11.1 Å². The van der Waals surface area contributed by atoms with Crippen molar-refractivity contribution < 1.29 is 20.8 Å². The van der Waals surface area contributed by atoms with Crippen LogP contribution in [0.5, 0.6) is 0 Å². The first-order valence-electron chi connectivity index (χ1n) is 9.58. The predicted octanol–water partition coefficient (Wildman–Crippen LogP) is 7.72. The predicted molar refractivity (Wildman–Crippen MR) is 115 cm³/mol. The van der Waals surface area contributed by atoms with Crippen molar-refractivity contribution in [3.63, 3.8) is 0 Å². The molecule has 2 aliphatic rings. The Bertz CT molecular complexity index is 1010. The maximum absolute atomic E-state index is 4.93. The average Bonchev–Trinajstić information content (AvgIpc) is 3.28. The minimum absolute atomic E-state index is 0.826. The van der Waals surface area contributed by atoms with E-state index in [1.54, 1.807) is 5.57 Å². The van der Waals surface area contributed by atoms with E-state index in [0.29, 0.717) is 0 Å². The van der Waals surface area contributed by atoms with Crippen molar-refractivity contribution in [3.05, 3.63) is 76.4 Å². The van der Waals surface area contributed by atoms with Crippen LogP contribution < -0.4 is 0 Å². The summed E-state index contributed by atoms with van der Waals surface area (Å²) in [5.74, 6) is 0. The molecule has 0 saturated carbocycles. The normalized spacial score (nSPS) is 13.8. The molecule has 5 rings (SSSR count). The molecular formula is C24H22Cl2Zr. The number of hydrogen-bond acceptors (Lipinski definition) is 0. The van der Waals surface area contributed by atoms with Crippen molar-refractivity contribution >= 4 is 33.9 Å². The molecule has 0 nitrogen and oxygen atoms in total. The Balaban J connectivity index is 0.000000565. The van der Waals surface area contributed by atoms with Gasteiger partial charge < -0.3 is 0 Å². The fourth-order valence-electron chi connectivity index (χ4n) is 4.64. The maximum atomic E-state index is 4.93. The molecular weight excluding hydrogens is 450 g/mol. The Hall–Kier alpha value is -0.877. The van der Waals surface area contributed by atoms with Crippen LogP contribution in [0.1, 0.15) is 42.0 Å². The van der Waals surface area contributed by atoms with Gasteiger partial charge in [0, 0.05) is 0 Å². The van der Waals surface area contributed by atoms with E-state index in [1.807, 2.05) is 0 Å². The third-order valence-electron chi connectivity index (χ3n) is 5.70. The molecule has 0 aliphatic heterocycles. The van der Waals surface area contributed by atoms with Gasteiger partial charge in [-0.2, -0.15) is 0 Å². The molecule has 0 heterocycles. The fourth-order valence-corrected chi connectivity index (χ4v) is 4.64. The Morgan fingerprint density at radius 2 is 1.56 bits per heavy atom. The van der Waals surface area contributed by atoms with Crippen LogP contribution in [0.2, 0.25) is 0 Å². The van der Waals surface area contributed by atoms with Gasteiger partial charge in [0.2, 0.25) is 0 Å². The Morgan fingerprint density at radius 3 is 2.33 bits per heavy atom. The number of halogens is 2. The van der Waals surface area contributed by atoms with Crippen molar-refractivity contribution in [2.45, 2.75) is 39.0 Å². The summed E-state index contributed by atoms with van der Waals surface area (Å²) in [7, 11) is 9.87. The second kappa shape index (κ2) is 8.65. The number of benzene rings is 3. The summed E-state index contributed by atoms with van der Waals surface area (Å²) < 4.78 is 0. The van der Waals surface area contributed by atoms with Gasteiger partial charge in [0.1, 0.15) is 0 Å². The van der Waals surface area contributed by atoms with Gasteiger partial charge in [0.05, 0.1) is 0 Å². The van der Waals surface area contributed by atoms with Crippen LogP contribution in [-0.4, -0.2) is 0 Å². The third-order valence-corrected chi connectivity index (χ3v) is 5.70. The molecule has 0 radical (unpaired) electrons. The summed E-state index contributed by atoms with van der Waals surface area (Å²) >= 11 is -0.826. The van der Waals surface area contributed by atoms with Crippen molar-refractivity contribution in [1.29, 1.82) is 0 Å². The molecule has 0 spiro atoms. The molecule has 3 aromatic carbocycles. The standard InChI is InChI=1S/C24H22.2ClH.Zr/c1-2-5-16-14-19-7-4-8-20(23(19)15-16)21-13-12-18-11-10-17-6-3-9-22(21)24(17)18;;;/h3-4,6-9,12-13,15H,2,5,10-11,14H2,1H3;2*1H;/q;;;+2/p-2. The van der Waals surface area contributed by atoms with Crippen LogP contribution in [0.25, 0.3) is 28.0 Å². The second-order valence-corrected chi connectivity index (χ2v) is 11.0. The molecule has 27 heavy (non-hydrogen) atoms. The van der Waals surface area contributed by atoms with E-state index in [1.165, 1.54) is 69.8 Å². The van der Waals surface area contributed by atoms with Crippen molar-refractivity contribution in [2.24, 2.45) is 0 Å². The van der Waals surface area contributed by atoms with Crippen LogP contribution in [0, 0.1) is 0 Å². The number of allylic oxidation sites excluding steroid dienone is 1. The van der Waals surface area contributed by atoms with E-state index in [0.717, 1.165) is 6.42 Å². The molecule has 0 N–H and O–H groups in total. The van der Waals surface area contributed by atoms with Crippen molar-refractivity contribution in [1.82, 2.24) is 0 Å². The number of fused-ring (bicyclic) bond motifs is 1. The summed E-state index contributed by atoms with van der Waals surface area (Å²) in [4.78, 5) is 0. The molecule has 0 saturated heterocycles.